The van der Waals surface area contributed by atoms with Gasteiger partial charge in [0, 0.05) is 0 Å². The first-order chi connectivity index (χ1) is 11.3. The average molecular weight is 349 g/mol. The number of nitrogens with one attached hydrogen (secondary N) is 1. The Kier molecular flexibility index (Phi) is 5.20. The molecule has 8 heteroatoms. The minimum atomic E-state index is -4.00. The highest BCUT2D eigenvalue weighted by atomic mass is 32.2. The van der Waals surface area contributed by atoms with E-state index in [0.29, 0.717) is 0 Å². The van der Waals surface area contributed by atoms with Crippen LogP contribution in [0.4, 0.5) is 0 Å². The third-order valence-electron chi connectivity index (χ3n) is 3.06. The van der Waals surface area contributed by atoms with Gasteiger partial charge in [0.1, 0.15) is 11.3 Å². The van der Waals surface area contributed by atoms with Gasteiger partial charge in [-0.1, -0.05) is 29.8 Å². The predicted octanol–water partition coefficient (Wildman–Crippen LogP) is 1.58. The topological polar surface area (TPSA) is 110 Å². The molecular weight excluding hydrogens is 334 g/mol. The van der Waals surface area contributed by atoms with E-state index in [1.807, 2.05) is 11.6 Å². The molecule has 7 nitrogen and oxygen atoms in total. The third kappa shape index (κ3) is 4.32. The van der Waals surface area contributed by atoms with Gasteiger partial charge in [0.15, 0.2) is 6.61 Å². The second-order valence-electron chi connectivity index (χ2n) is 4.93. The van der Waals surface area contributed by atoms with Crippen molar-refractivity contribution in [3.05, 3.63) is 59.7 Å². The van der Waals surface area contributed by atoms with Gasteiger partial charge in [-0.15, -0.1) is 0 Å². The molecule has 0 saturated heterocycles. The van der Waals surface area contributed by atoms with Crippen molar-refractivity contribution in [1.29, 1.82) is 0 Å². The Labute approximate surface area is 138 Å². The second-order valence-corrected chi connectivity index (χ2v) is 6.61. The monoisotopic (exact) mass is 349 g/mol. The molecule has 0 aliphatic heterocycles. The summed E-state index contributed by atoms with van der Waals surface area (Å²) in [5, 5.41) is 9.01. The molecular formula is C16H15NO6S. The second kappa shape index (κ2) is 7.14. The highest BCUT2D eigenvalue weighted by molar-refractivity contribution is 7.90. The summed E-state index contributed by atoms with van der Waals surface area (Å²) in [4.78, 5) is 22.8. The number of sulfonamides is 1. The van der Waals surface area contributed by atoms with E-state index in [2.05, 4.69) is 0 Å². The largest absolute Gasteiger partial charge is 0.483 e. The van der Waals surface area contributed by atoms with Crippen LogP contribution in [0.15, 0.2) is 53.4 Å². The molecule has 0 saturated carbocycles. The Bertz CT molecular complexity index is 858. The lowest BCUT2D eigenvalue weighted by atomic mass is 10.2. The summed E-state index contributed by atoms with van der Waals surface area (Å²) in [5.74, 6) is -2.14. The van der Waals surface area contributed by atoms with Crippen molar-refractivity contribution < 1.29 is 27.9 Å². The van der Waals surface area contributed by atoms with E-state index in [4.69, 9.17) is 9.84 Å². The number of carbonyl (C=O) groups excluding carboxylic acids is 1. The van der Waals surface area contributed by atoms with Crippen LogP contribution < -0.4 is 9.46 Å². The first kappa shape index (κ1) is 17.5. The number of aryl methyl sites for hydroxylation is 1. The van der Waals surface area contributed by atoms with Crippen molar-refractivity contribution in [2.45, 2.75) is 11.8 Å². The Morgan fingerprint density at radius 2 is 1.71 bits per heavy atom. The molecule has 2 aromatic carbocycles. The molecule has 0 aromatic heterocycles. The summed E-state index contributed by atoms with van der Waals surface area (Å²) < 4.78 is 31.1. The highest BCUT2D eigenvalue weighted by Crippen LogP contribution is 2.17. The molecule has 1 amide bonds. The lowest BCUT2D eigenvalue weighted by Gasteiger charge is -2.10. The molecule has 0 unspecified atom stereocenters. The maximum atomic E-state index is 12.1. The summed E-state index contributed by atoms with van der Waals surface area (Å²) in [5.41, 5.74) is 0.764. The summed E-state index contributed by atoms with van der Waals surface area (Å²) in [6.45, 7) is 1.18. The summed E-state index contributed by atoms with van der Waals surface area (Å²) in [6, 6.07) is 11.7. The van der Waals surface area contributed by atoms with Gasteiger partial charge in [0.25, 0.3) is 15.9 Å². The van der Waals surface area contributed by atoms with E-state index in [1.54, 1.807) is 18.2 Å². The van der Waals surface area contributed by atoms with E-state index < -0.39 is 28.5 Å². The molecule has 0 aliphatic carbocycles. The number of aromatic carboxylic acids is 1. The average Bonchev–Trinajstić information content (AvgIpc) is 2.53. The third-order valence-corrected chi connectivity index (χ3v) is 4.44. The normalized spacial score (nSPS) is 10.9. The van der Waals surface area contributed by atoms with E-state index in [1.165, 1.54) is 30.3 Å². The van der Waals surface area contributed by atoms with Gasteiger partial charge in [0.05, 0.1) is 4.90 Å². The maximum absolute atomic E-state index is 12.1. The number of carbonyl (C=O) groups is 2. The Hall–Kier alpha value is -2.87. The van der Waals surface area contributed by atoms with Crippen LogP contribution >= 0.6 is 0 Å². The van der Waals surface area contributed by atoms with Crippen LogP contribution in [-0.2, 0) is 14.8 Å². The van der Waals surface area contributed by atoms with E-state index in [9.17, 15) is 18.0 Å². The van der Waals surface area contributed by atoms with Gasteiger partial charge in [-0.05, 0) is 31.2 Å². The molecule has 0 heterocycles. The van der Waals surface area contributed by atoms with Gasteiger partial charge in [-0.2, -0.15) is 0 Å². The van der Waals surface area contributed by atoms with Crippen LogP contribution in [0.25, 0.3) is 0 Å². The van der Waals surface area contributed by atoms with Crippen molar-refractivity contribution in [3.63, 3.8) is 0 Å². The number of amides is 1. The number of benzene rings is 2. The molecule has 126 valence electrons. The molecule has 0 spiro atoms. The van der Waals surface area contributed by atoms with Crippen molar-refractivity contribution in [1.82, 2.24) is 4.72 Å². The minimum Gasteiger partial charge on any atom is -0.483 e. The number of carboxylic acid groups (broad SMARTS) is 1. The molecule has 2 aromatic rings. The molecule has 24 heavy (non-hydrogen) atoms. The van der Waals surface area contributed by atoms with Crippen LogP contribution in [0.2, 0.25) is 0 Å². The molecule has 2 rings (SSSR count). The van der Waals surface area contributed by atoms with Crippen LogP contribution in [0.5, 0.6) is 5.75 Å². The maximum Gasteiger partial charge on any atom is 0.339 e. The molecule has 0 bridgehead atoms. The van der Waals surface area contributed by atoms with Crippen LogP contribution in [-0.4, -0.2) is 32.0 Å². The van der Waals surface area contributed by atoms with Crippen molar-refractivity contribution in [3.8, 4) is 5.75 Å². The molecule has 0 atom stereocenters. The predicted molar refractivity (Wildman–Crippen MR) is 85.4 cm³/mol. The zero-order chi connectivity index (χ0) is 17.7. The summed E-state index contributed by atoms with van der Waals surface area (Å²) in [7, 11) is -4.00. The van der Waals surface area contributed by atoms with Gasteiger partial charge >= 0.3 is 5.97 Å². The fraction of sp³-hybridized carbons (Fsp3) is 0.125. The number of para-hydroxylation sites is 1. The van der Waals surface area contributed by atoms with Crippen LogP contribution in [0.3, 0.4) is 0 Å². The quantitative estimate of drug-likeness (QED) is 0.819. The fourth-order valence-corrected chi connectivity index (χ4v) is 2.84. The SMILES string of the molecule is Cc1ccc(S(=O)(=O)NC(=O)COc2ccccc2C(=O)O)cc1. The summed E-state index contributed by atoms with van der Waals surface area (Å²) >= 11 is 0. The number of hydrogen-bond acceptors (Lipinski definition) is 5. The number of rotatable bonds is 6. The highest BCUT2D eigenvalue weighted by Gasteiger charge is 2.18. The van der Waals surface area contributed by atoms with Gasteiger partial charge in [0.2, 0.25) is 0 Å². The standard InChI is InChI=1S/C16H15NO6S/c1-11-6-8-12(9-7-11)24(21,22)17-15(18)10-23-14-5-3-2-4-13(14)16(19)20/h2-9H,10H2,1H3,(H,17,18)(H,19,20). The molecule has 0 fully saturated rings. The Morgan fingerprint density at radius 1 is 1.08 bits per heavy atom. The van der Waals surface area contributed by atoms with Crippen molar-refractivity contribution in [2.24, 2.45) is 0 Å². The van der Waals surface area contributed by atoms with Crippen molar-refractivity contribution >= 4 is 21.9 Å². The van der Waals surface area contributed by atoms with E-state index in [-0.39, 0.29) is 16.2 Å². The molecule has 0 aliphatic rings. The lowest BCUT2D eigenvalue weighted by molar-refractivity contribution is -0.121. The zero-order valence-electron chi connectivity index (χ0n) is 12.7. The first-order valence-corrected chi connectivity index (χ1v) is 8.35. The fourth-order valence-electron chi connectivity index (χ4n) is 1.87. The summed E-state index contributed by atoms with van der Waals surface area (Å²) in [6.07, 6.45) is 0. The van der Waals surface area contributed by atoms with E-state index in [0.717, 1.165) is 5.56 Å². The number of carboxylic acids is 1. The number of hydrogen-bond donors (Lipinski definition) is 2. The smallest absolute Gasteiger partial charge is 0.339 e. The van der Waals surface area contributed by atoms with Gasteiger partial charge in [-0.3, -0.25) is 4.79 Å². The molecule has 2 N–H and O–H groups in total. The lowest BCUT2D eigenvalue weighted by Crippen LogP contribution is -2.34. The van der Waals surface area contributed by atoms with E-state index >= 15 is 0 Å². The molecule has 0 radical (unpaired) electrons. The Balaban J connectivity index is 2.04. The Morgan fingerprint density at radius 3 is 2.33 bits per heavy atom. The van der Waals surface area contributed by atoms with Crippen LogP contribution in [0.1, 0.15) is 15.9 Å². The van der Waals surface area contributed by atoms with Gasteiger partial charge in [-0.25, -0.2) is 17.9 Å². The van der Waals surface area contributed by atoms with Crippen LogP contribution in [0, 0.1) is 6.92 Å². The first-order valence-electron chi connectivity index (χ1n) is 6.87. The number of ether oxygens (including phenoxy) is 1. The van der Waals surface area contributed by atoms with Gasteiger partial charge < -0.3 is 9.84 Å². The zero-order valence-corrected chi connectivity index (χ0v) is 13.5. The minimum absolute atomic E-state index is 0.0205. The van der Waals surface area contributed by atoms with Crippen molar-refractivity contribution in [2.75, 3.05) is 6.61 Å².